The highest BCUT2D eigenvalue weighted by atomic mass is 16.6. The average Bonchev–Trinajstić information content (AvgIpc) is 2.86. The lowest BCUT2D eigenvalue weighted by Gasteiger charge is -2.09. The van der Waals surface area contributed by atoms with E-state index in [0.29, 0.717) is 98.9 Å². The highest BCUT2D eigenvalue weighted by Gasteiger charge is 2.02. The highest BCUT2D eigenvalue weighted by Crippen LogP contribution is 2.00. The van der Waals surface area contributed by atoms with E-state index in [1.54, 1.807) is 0 Å². The van der Waals surface area contributed by atoms with Gasteiger partial charge in [0.25, 0.3) is 0 Å². The molecule has 0 atom stereocenters. The van der Waals surface area contributed by atoms with Crippen LogP contribution in [0, 0.1) is 0 Å². The maximum absolute atomic E-state index is 11.4. The molecule has 214 valence electrons. The number of aliphatic carboxylic acids is 1. The summed E-state index contributed by atoms with van der Waals surface area (Å²) in [6.45, 7) is 8.54. The number of hydrogen-bond donors (Lipinski definition) is 1. The second-order valence-corrected chi connectivity index (χ2v) is 7.41. The highest BCUT2D eigenvalue weighted by molar-refractivity contribution is 5.69. The van der Waals surface area contributed by atoms with E-state index in [9.17, 15) is 9.59 Å². The molecule has 0 heterocycles. The van der Waals surface area contributed by atoms with Crippen molar-refractivity contribution < 1.29 is 57.3 Å². The number of rotatable bonds is 30. The Kier molecular flexibility index (Phi) is 28.7. The molecule has 0 saturated carbocycles. The van der Waals surface area contributed by atoms with Gasteiger partial charge in [-0.25, -0.2) is 4.79 Å². The molecule has 0 aromatic rings. The molecule has 36 heavy (non-hydrogen) atoms. The first kappa shape index (κ1) is 34.6. The van der Waals surface area contributed by atoms with Crippen molar-refractivity contribution in [2.45, 2.75) is 32.6 Å². The third-order valence-electron chi connectivity index (χ3n) is 4.30. The lowest BCUT2D eigenvalue weighted by Crippen LogP contribution is -2.15. The first-order valence-corrected chi connectivity index (χ1v) is 12.7. The SMILES string of the molecule is CCCCCC(=O)OCCOCCOCCOCCOCCOCCOCCOCCOCC(=O)O. The lowest BCUT2D eigenvalue weighted by atomic mass is 10.2. The molecular weight excluding hydrogens is 480 g/mol. The predicted molar refractivity (Wildman–Crippen MR) is 129 cm³/mol. The summed E-state index contributed by atoms with van der Waals surface area (Å²) in [6, 6.07) is 0. The number of ether oxygens (including phenoxy) is 9. The summed E-state index contributed by atoms with van der Waals surface area (Å²) in [4.78, 5) is 21.6. The van der Waals surface area contributed by atoms with Gasteiger partial charge < -0.3 is 47.7 Å². The van der Waals surface area contributed by atoms with Crippen LogP contribution in [-0.4, -0.2) is 129 Å². The Bertz CT molecular complexity index is 478. The lowest BCUT2D eigenvalue weighted by molar-refractivity contribution is -0.145. The van der Waals surface area contributed by atoms with Gasteiger partial charge in [-0.05, 0) is 6.42 Å². The first-order valence-electron chi connectivity index (χ1n) is 12.7. The summed E-state index contributed by atoms with van der Waals surface area (Å²) >= 11 is 0. The molecule has 0 bridgehead atoms. The number of carbonyl (C=O) groups excluding carboxylic acids is 1. The summed E-state index contributed by atoms with van der Waals surface area (Å²) in [5.41, 5.74) is 0. The van der Waals surface area contributed by atoms with Crippen molar-refractivity contribution in [3.63, 3.8) is 0 Å². The molecule has 0 radical (unpaired) electrons. The molecule has 0 aliphatic heterocycles. The Balaban J connectivity index is 3.07. The average molecular weight is 527 g/mol. The van der Waals surface area contributed by atoms with Crippen molar-refractivity contribution in [1.29, 1.82) is 0 Å². The zero-order chi connectivity index (χ0) is 26.4. The van der Waals surface area contributed by atoms with E-state index < -0.39 is 5.97 Å². The zero-order valence-corrected chi connectivity index (χ0v) is 21.8. The monoisotopic (exact) mass is 526 g/mol. The van der Waals surface area contributed by atoms with Crippen LogP contribution in [-0.2, 0) is 52.2 Å². The van der Waals surface area contributed by atoms with Gasteiger partial charge >= 0.3 is 11.9 Å². The Morgan fingerprint density at radius 2 is 0.833 bits per heavy atom. The van der Waals surface area contributed by atoms with Gasteiger partial charge in [0.15, 0.2) is 0 Å². The first-order chi connectivity index (χ1) is 17.7. The van der Waals surface area contributed by atoms with Crippen molar-refractivity contribution in [2.75, 3.05) is 112 Å². The topological polar surface area (TPSA) is 137 Å². The van der Waals surface area contributed by atoms with E-state index in [-0.39, 0.29) is 25.8 Å². The van der Waals surface area contributed by atoms with E-state index in [1.807, 2.05) is 0 Å². The van der Waals surface area contributed by atoms with Crippen LogP contribution in [0.1, 0.15) is 32.6 Å². The molecule has 0 fully saturated rings. The zero-order valence-electron chi connectivity index (χ0n) is 21.8. The second kappa shape index (κ2) is 29.8. The van der Waals surface area contributed by atoms with Crippen molar-refractivity contribution in [3.05, 3.63) is 0 Å². The van der Waals surface area contributed by atoms with Crippen LogP contribution in [0.15, 0.2) is 0 Å². The summed E-state index contributed by atoms with van der Waals surface area (Å²) in [5, 5.41) is 8.40. The van der Waals surface area contributed by atoms with E-state index in [4.69, 9.17) is 47.7 Å². The van der Waals surface area contributed by atoms with E-state index in [1.165, 1.54) is 0 Å². The molecule has 12 nitrogen and oxygen atoms in total. The molecule has 0 aromatic carbocycles. The van der Waals surface area contributed by atoms with Crippen LogP contribution >= 0.6 is 0 Å². The van der Waals surface area contributed by atoms with Gasteiger partial charge in [0.05, 0.1) is 99.1 Å². The van der Waals surface area contributed by atoms with Gasteiger partial charge in [0.1, 0.15) is 13.2 Å². The van der Waals surface area contributed by atoms with Crippen molar-refractivity contribution in [2.24, 2.45) is 0 Å². The third kappa shape index (κ3) is 30.7. The molecule has 0 unspecified atom stereocenters. The summed E-state index contributed by atoms with van der Waals surface area (Å²) in [7, 11) is 0. The quantitative estimate of drug-likeness (QED) is 0.107. The molecule has 0 aromatic heterocycles. The molecule has 0 amide bonds. The van der Waals surface area contributed by atoms with Gasteiger partial charge in [-0.2, -0.15) is 0 Å². The van der Waals surface area contributed by atoms with Crippen molar-refractivity contribution in [1.82, 2.24) is 0 Å². The normalized spacial score (nSPS) is 11.1. The minimum Gasteiger partial charge on any atom is -0.480 e. The van der Waals surface area contributed by atoms with Crippen molar-refractivity contribution in [3.8, 4) is 0 Å². The number of carboxylic acids is 1. The Hall–Kier alpha value is -1.38. The van der Waals surface area contributed by atoms with Gasteiger partial charge in [-0.1, -0.05) is 19.8 Å². The molecule has 0 rings (SSSR count). The van der Waals surface area contributed by atoms with E-state index >= 15 is 0 Å². The second-order valence-electron chi connectivity index (χ2n) is 7.41. The third-order valence-corrected chi connectivity index (χ3v) is 4.30. The number of esters is 1. The Morgan fingerprint density at radius 1 is 0.500 bits per heavy atom. The summed E-state index contributed by atoms with van der Waals surface area (Å²) < 4.78 is 47.4. The van der Waals surface area contributed by atoms with Gasteiger partial charge in [-0.3, -0.25) is 4.79 Å². The molecule has 0 aliphatic rings. The molecule has 0 aliphatic carbocycles. The van der Waals surface area contributed by atoms with Gasteiger partial charge in [0, 0.05) is 6.42 Å². The van der Waals surface area contributed by atoms with Crippen LogP contribution in [0.4, 0.5) is 0 Å². The van der Waals surface area contributed by atoms with Crippen LogP contribution < -0.4 is 0 Å². The van der Waals surface area contributed by atoms with Gasteiger partial charge in [0.2, 0.25) is 0 Å². The smallest absolute Gasteiger partial charge is 0.329 e. The molecule has 0 spiro atoms. The fourth-order valence-electron chi connectivity index (χ4n) is 2.50. The molecular formula is C24H46O12. The van der Waals surface area contributed by atoms with Crippen molar-refractivity contribution >= 4 is 11.9 Å². The summed E-state index contributed by atoms with van der Waals surface area (Å²) in [6.07, 6.45) is 3.48. The largest absolute Gasteiger partial charge is 0.480 e. The van der Waals surface area contributed by atoms with Crippen LogP contribution in [0.25, 0.3) is 0 Å². The van der Waals surface area contributed by atoms with Crippen LogP contribution in [0.2, 0.25) is 0 Å². The van der Waals surface area contributed by atoms with E-state index in [2.05, 4.69) is 6.92 Å². The standard InChI is InChI=1S/C24H46O12/c1-2-3-4-5-24(27)36-21-20-34-17-16-32-13-12-30-9-8-28-6-7-29-10-11-31-14-15-33-18-19-35-22-23(25)26/h2-22H2,1H3,(H,25,26). The van der Waals surface area contributed by atoms with Crippen LogP contribution in [0.5, 0.6) is 0 Å². The maximum atomic E-state index is 11.4. The number of carbonyl (C=O) groups is 2. The van der Waals surface area contributed by atoms with E-state index in [0.717, 1.165) is 19.3 Å². The Labute approximate surface area is 214 Å². The minimum atomic E-state index is -0.997. The Morgan fingerprint density at radius 3 is 1.17 bits per heavy atom. The fraction of sp³-hybridized carbons (Fsp3) is 0.917. The maximum Gasteiger partial charge on any atom is 0.329 e. The summed E-state index contributed by atoms with van der Waals surface area (Å²) in [5.74, 6) is -1.16. The number of carboxylic acid groups (broad SMARTS) is 1. The molecule has 0 saturated heterocycles. The minimum absolute atomic E-state index is 0.165. The number of unbranched alkanes of at least 4 members (excludes halogenated alkanes) is 2. The fourth-order valence-corrected chi connectivity index (χ4v) is 2.50. The van der Waals surface area contributed by atoms with Crippen LogP contribution in [0.3, 0.4) is 0 Å². The predicted octanol–water partition coefficient (Wildman–Crippen LogP) is 1.33. The molecule has 1 N–H and O–H groups in total. The molecule has 12 heteroatoms. The van der Waals surface area contributed by atoms with Gasteiger partial charge in [-0.15, -0.1) is 0 Å². The number of hydrogen-bond acceptors (Lipinski definition) is 11.